The molecule has 148 valence electrons. The van der Waals surface area contributed by atoms with E-state index in [2.05, 4.69) is 25.8 Å². The van der Waals surface area contributed by atoms with Gasteiger partial charge in [-0.25, -0.2) is 4.98 Å². The predicted octanol–water partition coefficient (Wildman–Crippen LogP) is 2.21. The maximum Gasteiger partial charge on any atom is 0.236 e. The zero-order valence-corrected chi connectivity index (χ0v) is 16.8. The number of benzene rings is 1. The van der Waals surface area contributed by atoms with Crippen molar-refractivity contribution in [2.75, 3.05) is 68.7 Å². The third-order valence-electron chi connectivity index (χ3n) is 5.53. The first-order chi connectivity index (χ1) is 13.7. The molecule has 0 radical (unpaired) electrons. The number of aromatic nitrogens is 1. The number of pyridine rings is 1. The Bertz CT molecular complexity index is 786. The fraction of sp³-hybridized carbons (Fsp3) is 0.429. The van der Waals surface area contributed by atoms with E-state index in [9.17, 15) is 4.79 Å². The minimum atomic E-state index is 0.229. The van der Waals surface area contributed by atoms with Gasteiger partial charge in [-0.05, 0) is 24.3 Å². The number of halogens is 1. The van der Waals surface area contributed by atoms with Crippen molar-refractivity contribution in [2.24, 2.45) is 0 Å². The smallest absolute Gasteiger partial charge is 0.236 e. The molecule has 0 unspecified atom stereocenters. The number of carbonyl (C=O) groups is 1. The van der Waals surface area contributed by atoms with Crippen LogP contribution in [0.2, 0.25) is 5.02 Å². The summed E-state index contributed by atoms with van der Waals surface area (Å²) in [7, 11) is 0. The lowest BCUT2D eigenvalue weighted by Gasteiger charge is -2.39. The molecule has 2 aliphatic heterocycles. The van der Waals surface area contributed by atoms with Gasteiger partial charge in [-0.2, -0.15) is 0 Å². The van der Waals surface area contributed by atoms with Crippen molar-refractivity contribution in [1.82, 2.24) is 14.8 Å². The zero-order valence-electron chi connectivity index (χ0n) is 16.0. The predicted molar refractivity (Wildman–Crippen MR) is 113 cm³/mol. The number of amides is 1. The monoisotopic (exact) mass is 399 g/mol. The van der Waals surface area contributed by atoms with Crippen LogP contribution in [0.15, 0.2) is 48.7 Å². The summed E-state index contributed by atoms with van der Waals surface area (Å²) in [5, 5.41) is 0.790. The highest BCUT2D eigenvalue weighted by Crippen LogP contribution is 2.26. The molecule has 1 amide bonds. The van der Waals surface area contributed by atoms with E-state index >= 15 is 0 Å². The van der Waals surface area contributed by atoms with Gasteiger partial charge in [-0.3, -0.25) is 9.69 Å². The van der Waals surface area contributed by atoms with Gasteiger partial charge in [-0.15, -0.1) is 0 Å². The molecule has 28 heavy (non-hydrogen) atoms. The molecule has 1 aromatic heterocycles. The summed E-state index contributed by atoms with van der Waals surface area (Å²) in [4.78, 5) is 25.9. The SMILES string of the molecule is O=C(CN1CCN(c2ccccc2Cl)CC1)N1CCN(c2ccccn2)CC1. The maximum absolute atomic E-state index is 12.7. The summed E-state index contributed by atoms with van der Waals surface area (Å²) in [6.07, 6.45) is 1.81. The zero-order chi connectivity index (χ0) is 19.3. The highest BCUT2D eigenvalue weighted by atomic mass is 35.5. The molecular formula is C21H26ClN5O. The fourth-order valence-electron chi connectivity index (χ4n) is 3.87. The topological polar surface area (TPSA) is 42.9 Å². The van der Waals surface area contributed by atoms with E-state index in [1.165, 1.54) is 0 Å². The molecule has 0 bridgehead atoms. The van der Waals surface area contributed by atoms with Gasteiger partial charge in [0, 0.05) is 58.6 Å². The largest absolute Gasteiger partial charge is 0.368 e. The Balaban J connectivity index is 1.24. The van der Waals surface area contributed by atoms with Gasteiger partial charge in [0.15, 0.2) is 0 Å². The Labute approximate surface area is 171 Å². The van der Waals surface area contributed by atoms with Crippen LogP contribution in [-0.4, -0.2) is 79.6 Å². The van der Waals surface area contributed by atoms with Crippen LogP contribution in [0, 0.1) is 0 Å². The van der Waals surface area contributed by atoms with Crippen LogP contribution in [0.4, 0.5) is 11.5 Å². The summed E-state index contributed by atoms with van der Waals surface area (Å²) < 4.78 is 0. The highest BCUT2D eigenvalue weighted by molar-refractivity contribution is 6.33. The Morgan fingerprint density at radius 1 is 0.857 bits per heavy atom. The van der Waals surface area contributed by atoms with E-state index in [-0.39, 0.29) is 5.91 Å². The molecule has 0 saturated carbocycles. The molecule has 2 fully saturated rings. The summed E-state index contributed by atoms with van der Waals surface area (Å²) in [5.41, 5.74) is 1.08. The minimum Gasteiger partial charge on any atom is -0.368 e. The van der Waals surface area contributed by atoms with Gasteiger partial charge in [0.05, 0.1) is 17.3 Å². The lowest BCUT2D eigenvalue weighted by molar-refractivity contribution is -0.132. The lowest BCUT2D eigenvalue weighted by Crippen LogP contribution is -2.54. The number of hydrogen-bond acceptors (Lipinski definition) is 5. The van der Waals surface area contributed by atoms with Crippen LogP contribution in [-0.2, 0) is 4.79 Å². The number of rotatable bonds is 4. The molecule has 1 aromatic carbocycles. The molecule has 2 aliphatic rings. The quantitative estimate of drug-likeness (QED) is 0.788. The summed E-state index contributed by atoms with van der Waals surface area (Å²) in [6, 6.07) is 13.9. The minimum absolute atomic E-state index is 0.229. The Kier molecular flexibility index (Phi) is 5.98. The molecule has 0 atom stereocenters. The number of carbonyl (C=O) groups excluding carboxylic acids is 1. The van der Waals surface area contributed by atoms with E-state index < -0.39 is 0 Å². The van der Waals surface area contributed by atoms with E-state index in [0.717, 1.165) is 68.9 Å². The van der Waals surface area contributed by atoms with Gasteiger partial charge in [0.1, 0.15) is 5.82 Å². The second kappa shape index (κ2) is 8.80. The summed E-state index contributed by atoms with van der Waals surface area (Å²) in [6.45, 7) is 7.24. The molecule has 2 saturated heterocycles. The van der Waals surface area contributed by atoms with E-state index in [1.54, 1.807) is 0 Å². The number of anilines is 2. The fourth-order valence-corrected chi connectivity index (χ4v) is 4.13. The number of nitrogens with zero attached hydrogens (tertiary/aromatic N) is 5. The molecule has 0 aliphatic carbocycles. The van der Waals surface area contributed by atoms with Crippen LogP contribution >= 0.6 is 11.6 Å². The highest BCUT2D eigenvalue weighted by Gasteiger charge is 2.25. The molecular weight excluding hydrogens is 374 g/mol. The normalized spacial score (nSPS) is 18.4. The van der Waals surface area contributed by atoms with Crippen molar-refractivity contribution in [3.05, 3.63) is 53.7 Å². The second-order valence-electron chi connectivity index (χ2n) is 7.27. The number of para-hydroxylation sites is 1. The molecule has 4 rings (SSSR count). The first kappa shape index (κ1) is 19.0. The van der Waals surface area contributed by atoms with Crippen molar-refractivity contribution in [3.63, 3.8) is 0 Å². The van der Waals surface area contributed by atoms with Gasteiger partial charge >= 0.3 is 0 Å². The van der Waals surface area contributed by atoms with Crippen molar-refractivity contribution < 1.29 is 4.79 Å². The van der Waals surface area contributed by atoms with E-state index in [0.29, 0.717) is 6.54 Å². The third-order valence-corrected chi connectivity index (χ3v) is 5.85. The van der Waals surface area contributed by atoms with Crippen molar-refractivity contribution in [1.29, 1.82) is 0 Å². The van der Waals surface area contributed by atoms with E-state index in [4.69, 9.17) is 11.6 Å². The number of piperazine rings is 2. The first-order valence-electron chi connectivity index (χ1n) is 9.86. The number of hydrogen-bond donors (Lipinski definition) is 0. The Morgan fingerprint density at radius 2 is 1.54 bits per heavy atom. The first-order valence-corrected chi connectivity index (χ1v) is 10.2. The van der Waals surface area contributed by atoms with Crippen molar-refractivity contribution >= 4 is 29.0 Å². The van der Waals surface area contributed by atoms with Gasteiger partial charge in [0.25, 0.3) is 0 Å². The van der Waals surface area contributed by atoms with Gasteiger partial charge < -0.3 is 14.7 Å². The average molecular weight is 400 g/mol. The maximum atomic E-state index is 12.7. The molecule has 0 spiro atoms. The van der Waals surface area contributed by atoms with Crippen LogP contribution < -0.4 is 9.80 Å². The Morgan fingerprint density at radius 3 is 2.21 bits per heavy atom. The van der Waals surface area contributed by atoms with Crippen LogP contribution in [0.5, 0.6) is 0 Å². The van der Waals surface area contributed by atoms with Crippen molar-refractivity contribution in [3.8, 4) is 0 Å². The summed E-state index contributed by atoms with van der Waals surface area (Å²) in [5.74, 6) is 1.22. The third kappa shape index (κ3) is 4.39. The Hall–Kier alpha value is -2.31. The standard InChI is InChI=1S/C21H26ClN5O/c22-18-5-1-2-6-19(18)25-11-9-24(10-12-25)17-21(28)27-15-13-26(14-16-27)20-7-3-4-8-23-20/h1-8H,9-17H2. The molecule has 3 heterocycles. The summed E-state index contributed by atoms with van der Waals surface area (Å²) >= 11 is 6.31. The van der Waals surface area contributed by atoms with Crippen LogP contribution in [0.25, 0.3) is 0 Å². The van der Waals surface area contributed by atoms with E-state index in [1.807, 2.05) is 47.5 Å². The average Bonchev–Trinajstić information content (AvgIpc) is 2.75. The molecule has 7 heteroatoms. The van der Waals surface area contributed by atoms with Crippen molar-refractivity contribution in [2.45, 2.75) is 0 Å². The molecule has 2 aromatic rings. The van der Waals surface area contributed by atoms with Crippen LogP contribution in [0.3, 0.4) is 0 Å². The van der Waals surface area contributed by atoms with Gasteiger partial charge in [-0.1, -0.05) is 29.8 Å². The second-order valence-corrected chi connectivity index (χ2v) is 7.68. The van der Waals surface area contributed by atoms with Crippen LogP contribution in [0.1, 0.15) is 0 Å². The molecule has 0 N–H and O–H groups in total. The van der Waals surface area contributed by atoms with Gasteiger partial charge in [0.2, 0.25) is 5.91 Å². The lowest BCUT2D eigenvalue weighted by atomic mass is 10.2. The molecule has 6 nitrogen and oxygen atoms in total.